The molecule has 20 heavy (non-hydrogen) atoms. The van der Waals surface area contributed by atoms with Gasteiger partial charge in [-0.15, -0.1) is 11.8 Å². The Morgan fingerprint density at radius 1 is 1.20 bits per heavy atom. The van der Waals surface area contributed by atoms with Gasteiger partial charge in [0.1, 0.15) is 0 Å². The highest BCUT2D eigenvalue weighted by Crippen LogP contribution is 2.41. The van der Waals surface area contributed by atoms with Crippen LogP contribution in [0.3, 0.4) is 0 Å². The minimum Gasteiger partial charge on any atom is -0.327 e. The van der Waals surface area contributed by atoms with E-state index in [-0.39, 0.29) is 6.04 Å². The largest absolute Gasteiger partial charge is 0.327 e. The molecule has 0 aromatic heterocycles. The summed E-state index contributed by atoms with van der Waals surface area (Å²) < 4.78 is 0. The minimum absolute atomic E-state index is 0.244. The number of fused-ring (bicyclic) bond motifs is 1. The summed E-state index contributed by atoms with van der Waals surface area (Å²) in [5, 5.41) is 0. The fourth-order valence-electron chi connectivity index (χ4n) is 3.02. The van der Waals surface area contributed by atoms with Gasteiger partial charge in [0.15, 0.2) is 0 Å². The van der Waals surface area contributed by atoms with Crippen molar-refractivity contribution < 1.29 is 0 Å². The van der Waals surface area contributed by atoms with Crippen molar-refractivity contribution in [1.29, 1.82) is 0 Å². The van der Waals surface area contributed by atoms with Crippen molar-refractivity contribution in [2.24, 2.45) is 5.73 Å². The summed E-state index contributed by atoms with van der Waals surface area (Å²) in [5.41, 5.74) is 10.6. The average molecular weight is 283 g/mol. The van der Waals surface area contributed by atoms with Gasteiger partial charge in [0.05, 0.1) is 0 Å². The highest BCUT2D eigenvalue weighted by Gasteiger charge is 2.24. The lowest BCUT2D eigenvalue weighted by Gasteiger charge is -2.17. The first-order chi connectivity index (χ1) is 9.72. The summed E-state index contributed by atoms with van der Waals surface area (Å²) in [6.07, 6.45) is 2.06. The molecule has 1 heterocycles. The van der Waals surface area contributed by atoms with E-state index in [9.17, 15) is 0 Å². The van der Waals surface area contributed by atoms with Gasteiger partial charge in [-0.05, 0) is 42.9 Å². The predicted octanol–water partition coefficient (Wildman–Crippen LogP) is 4.14. The number of hydrogen-bond donors (Lipinski definition) is 1. The Bertz CT molecular complexity index is 593. The van der Waals surface area contributed by atoms with Crippen LogP contribution in [0.15, 0.2) is 53.4 Å². The van der Waals surface area contributed by atoms with Crippen LogP contribution in [0.25, 0.3) is 0 Å². The Balaban J connectivity index is 1.64. The van der Waals surface area contributed by atoms with Crippen molar-refractivity contribution in [2.45, 2.75) is 36.6 Å². The first-order valence-electron chi connectivity index (χ1n) is 7.25. The SMILES string of the molecule is Cc1cccc(CC(N)CC2CSc3ccccc32)c1. The molecule has 0 saturated carbocycles. The van der Waals surface area contributed by atoms with Crippen molar-refractivity contribution in [2.75, 3.05) is 5.75 Å². The van der Waals surface area contributed by atoms with E-state index in [2.05, 4.69) is 55.5 Å². The van der Waals surface area contributed by atoms with E-state index >= 15 is 0 Å². The molecule has 104 valence electrons. The summed E-state index contributed by atoms with van der Waals surface area (Å²) in [5.74, 6) is 1.80. The van der Waals surface area contributed by atoms with E-state index in [4.69, 9.17) is 5.73 Å². The van der Waals surface area contributed by atoms with Crippen molar-refractivity contribution in [3.63, 3.8) is 0 Å². The molecule has 3 rings (SSSR count). The standard InChI is InChI=1S/C18H21NS/c1-13-5-4-6-14(9-13)10-16(19)11-15-12-20-18-8-3-2-7-17(15)18/h2-9,15-16H,10-12,19H2,1H3. The lowest BCUT2D eigenvalue weighted by molar-refractivity contribution is 0.554. The summed E-state index contributed by atoms with van der Waals surface area (Å²) in [6, 6.07) is 17.7. The number of nitrogens with two attached hydrogens (primary N) is 1. The van der Waals surface area contributed by atoms with Gasteiger partial charge in [0, 0.05) is 16.7 Å². The number of aryl methyl sites for hydroxylation is 1. The topological polar surface area (TPSA) is 26.0 Å². The number of thioether (sulfide) groups is 1. The average Bonchev–Trinajstić information content (AvgIpc) is 2.82. The van der Waals surface area contributed by atoms with Crippen LogP contribution in [0.1, 0.15) is 29.0 Å². The van der Waals surface area contributed by atoms with Gasteiger partial charge >= 0.3 is 0 Å². The summed E-state index contributed by atoms with van der Waals surface area (Å²) in [6.45, 7) is 2.14. The number of rotatable bonds is 4. The van der Waals surface area contributed by atoms with Gasteiger partial charge in [-0.1, -0.05) is 48.0 Å². The van der Waals surface area contributed by atoms with E-state index in [1.165, 1.54) is 27.3 Å². The molecule has 1 aliphatic rings. The van der Waals surface area contributed by atoms with Crippen molar-refractivity contribution in [3.8, 4) is 0 Å². The molecular formula is C18H21NS. The smallest absolute Gasteiger partial charge is 0.0107 e. The quantitative estimate of drug-likeness (QED) is 0.912. The van der Waals surface area contributed by atoms with E-state index in [0.717, 1.165) is 12.8 Å². The maximum Gasteiger partial charge on any atom is 0.0107 e. The van der Waals surface area contributed by atoms with E-state index in [1.54, 1.807) is 0 Å². The Kier molecular flexibility index (Phi) is 4.13. The molecule has 2 unspecified atom stereocenters. The van der Waals surface area contributed by atoms with Crippen LogP contribution >= 0.6 is 11.8 Å². The maximum absolute atomic E-state index is 6.38. The van der Waals surface area contributed by atoms with Gasteiger partial charge in [0.25, 0.3) is 0 Å². The zero-order valence-electron chi connectivity index (χ0n) is 11.9. The molecule has 1 nitrogen and oxygen atoms in total. The summed E-state index contributed by atoms with van der Waals surface area (Å²) >= 11 is 1.97. The Morgan fingerprint density at radius 3 is 2.90 bits per heavy atom. The molecule has 0 fully saturated rings. The van der Waals surface area contributed by atoms with E-state index in [1.807, 2.05) is 11.8 Å². The zero-order valence-corrected chi connectivity index (χ0v) is 12.7. The molecule has 2 N–H and O–H groups in total. The van der Waals surface area contributed by atoms with Crippen LogP contribution in [0.4, 0.5) is 0 Å². The van der Waals surface area contributed by atoms with Crippen LogP contribution in [0, 0.1) is 6.92 Å². The van der Waals surface area contributed by atoms with Gasteiger partial charge in [-0.25, -0.2) is 0 Å². The molecule has 0 saturated heterocycles. The molecule has 0 spiro atoms. The second kappa shape index (κ2) is 6.02. The van der Waals surface area contributed by atoms with Crippen LogP contribution in [-0.4, -0.2) is 11.8 Å². The second-order valence-corrected chi connectivity index (χ2v) is 6.80. The van der Waals surface area contributed by atoms with Gasteiger partial charge < -0.3 is 5.73 Å². The van der Waals surface area contributed by atoms with E-state index in [0.29, 0.717) is 5.92 Å². The zero-order chi connectivity index (χ0) is 13.9. The molecule has 2 heteroatoms. The minimum atomic E-state index is 0.244. The summed E-state index contributed by atoms with van der Waals surface area (Å²) in [4.78, 5) is 1.44. The Labute approximate surface area is 125 Å². The molecule has 2 atom stereocenters. The highest BCUT2D eigenvalue weighted by molar-refractivity contribution is 7.99. The third-order valence-electron chi connectivity index (χ3n) is 3.97. The van der Waals surface area contributed by atoms with Gasteiger partial charge in [-0.3, -0.25) is 0 Å². The fourth-order valence-corrected chi connectivity index (χ4v) is 4.29. The van der Waals surface area contributed by atoms with Crippen molar-refractivity contribution in [1.82, 2.24) is 0 Å². The molecule has 2 aromatic rings. The predicted molar refractivity (Wildman–Crippen MR) is 87.4 cm³/mol. The first-order valence-corrected chi connectivity index (χ1v) is 8.24. The molecule has 0 aliphatic carbocycles. The van der Waals surface area contributed by atoms with Crippen LogP contribution in [0.2, 0.25) is 0 Å². The van der Waals surface area contributed by atoms with Crippen LogP contribution < -0.4 is 5.73 Å². The highest BCUT2D eigenvalue weighted by atomic mass is 32.2. The fraction of sp³-hybridized carbons (Fsp3) is 0.333. The normalized spacial score (nSPS) is 18.8. The van der Waals surface area contributed by atoms with Crippen molar-refractivity contribution >= 4 is 11.8 Å². The van der Waals surface area contributed by atoms with Gasteiger partial charge in [0.2, 0.25) is 0 Å². The van der Waals surface area contributed by atoms with E-state index < -0.39 is 0 Å². The lowest BCUT2D eigenvalue weighted by Crippen LogP contribution is -2.25. The molecule has 0 radical (unpaired) electrons. The molecule has 0 bridgehead atoms. The molecule has 0 amide bonds. The van der Waals surface area contributed by atoms with Gasteiger partial charge in [-0.2, -0.15) is 0 Å². The first kappa shape index (κ1) is 13.7. The van der Waals surface area contributed by atoms with Crippen LogP contribution in [-0.2, 0) is 6.42 Å². The summed E-state index contributed by atoms with van der Waals surface area (Å²) in [7, 11) is 0. The maximum atomic E-state index is 6.38. The Hall–Kier alpha value is -1.25. The number of benzene rings is 2. The third-order valence-corrected chi connectivity index (χ3v) is 5.22. The lowest BCUT2D eigenvalue weighted by atomic mass is 9.91. The van der Waals surface area contributed by atoms with Crippen molar-refractivity contribution in [3.05, 3.63) is 65.2 Å². The third kappa shape index (κ3) is 3.08. The Morgan fingerprint density at radius 2 is 2.05 bits per heavy atom. The monoisotopic (exact) mass is 283 g/mol. The number of hydrogen-bond acceptors (Lipinski definition) is 2. The molecule has 2 aromatic carbocycles. The molecule has 1 aliphatic heterocycles. The molecular weight excluding hydrogens is 262 g/mol. The van der Waals surface area contributed by atoms with Crippen LogP contribution in [0.5, 0.6) is 0 Å². The second-order valence-electron chi connectivity index (χ2n) is 5.73.